The van der Waals surface area contributed by atoms with Gasteiger partial charge in [-0.25, -0.2) is 4.39 Å². The van der Waals surface area contributed by atoms with Crippen molar-refractivity contribution in [1.82, 2.24) is 14.8 Å². The Kier molecular flexibility index (Phi) is 9.31. The lowest BCUT2D eigenvalue weighted by Gasteiger charge is -2.40. The van der Waals surface area contributed by atoms with E-state index in [0.717, 1.165) is 50.5 Å². The van der Waals surface area contributed by atoms with Crippen molar-refractivity contribution in [1.29, 1.82) is 0 Å². The normalized spacial score (nSPS) is 15.8. The van der Waals surface area contributed by atoms with Crippen LogP contribution < -0.4 is 9.47 Å². The molecule has 2 heterocycles. The molecule has 1 aliphatic heterocycles. The quantitative estimate of drug-likeness (QED) is 0.338. The van der Waals surface area contributed by atoms with Crippen molar-refractivity contribution in [2.45, 2.75) is 38.8 Å². The van der Waals surface area contributed by atoms with Gasteiger partial charge in [0.05, 0.1) is 18.8 Å². The van der Waals surface area contributed by atoms with Crippen LogP contribution in [0.15, 0.2) is 72.9 Å². The van der Waals surface area contributed by atoms with Crippen molar-refractivity contribution < 1.29 is 13.9 Å². The minimum absolute atomic E-state index is 0.0634. The number of halogens is 1. The summed E-state index contributed by atoms with van der Waals surface area (Å²) >= 11 is 0. The molecule has 0 radical (unpaired) electrons. The molecule has 192 valence electrons. The lowest BCUT2D eigenvalue weighted by atomic mass is 9.92. The second-order valence-electron chi connectivity index (χ2n) is 9.79. The van der Waals surface area contributed by atoms with Crippen LogP contribution in [0.4, 0.5) is 4.39 Å². The summed E-state index contributed by atoms with van der Waals surface area (Å²) in [5, 5.41) is 0. The Labute approximate surface area is 214 Å². The maximum Gasteiger partial charge on any atom is 0.165 e. The number of pyridine rings is 1. The van der Waals surface area contributed by atoms with Gasteiger partial charge in [0.1, 0.15) is 12.4 Å². The Balaban J connectivity index is 1.39. The fraction of sp³-hybridized carbons (Fsp3) is 0.433. The van der Waals surface area contributed by atoms with Crippen molar-refractivity contribution in [2.75, 3.05) is 39.9 Å². The molecule has 0 spiro atoms. The van der Waals surface area contributed by atoms with E-state index in [4.69, 9.17) is 14.5 Å². The van der Waals surface area contributed by atoms with E-state index in [1.165, 1.54) is 11.6 Å². The average molecular weight is 492 g/mol. The summed E-state index contributed by atoms with van der Waals surface area (Å²) in [5.74, 6) is 1.50. The van der Waals surface area contributed by atoms with E-state index in [2.05, 4.69) is 54.0 Å². The van der Waals surface area contributed by atoms with Gasteiger partial charge in [0, 0.05) is 25.3 Å². The van der Waals surface area contributed by atoms with E-state index in [-0.39, 0.29) is 11.9 Å². The molecule has 1 atom stereocenters. The highest BCUT2D eigenvalue weighted by Gasteiger charge is 2.30. The summed E-state index contributed by atoms with van der Waals surface area (Å²) in [6.07, 6.45) is 4.15. The van der Waals surface area contributed by atoms with Crippen LogP contribution in [0, 0.1) is 11.7 Å². The summed E-state index contributed by atoms with van der Waals surface area (Å²) in [5.41, 5.74) is 2.26. The smallest absolute Gasteiger partial charge is 0.165 e. The van der Waals surface area contributed by atoms with Crippen molar-refractivity contribution in [3.8, 4) is 11.5 Å². The highest BCUT2D eigenvalue weighted by molar-refractivity contribution is 5.35. The van der Waals surface area contributed by atoms with E-state index in [9.17, 15) is 4.39 Å². The second-order valence-corrected chi connectivity index (χ2v) is 9.79. The average Bonchev–Trinajstić information content (AvgIpc) is 2.91. The van der Waals surface area contributed by atoms with E-state index in [1.807, 2.05) is 18.3 Å². The number of hydrogen-bond acceptors (Lipinski definition) is 5. The standard InChI is InChI=1S/C30H38FN3O2/c1-23(2)34(30(28-12-6-7-16-32-28)25-9-8-10-26(21-25)35-3)22-24-14-17-33(18-15-24)19-20-36-29-13-5-4-11-27(29)31/h4-13,16,21,23-24,30H,14-15,17-20,22H2,1-3H3. The van der Waals surface area contributed by atoms with Gasteiger partial charge in [-0.2, -0.15) is 0 Å². The molecule has 1 fully saturated rings. The molecule has 5 nitrogen and oxygen atoms in total. The van der Waals surface area contributed by atoms with Crippen LogP contribution in [0.25, 0.3) is 0 Å². The zero-order valence-electron chi connectivity index (χ0n) is 21.6. The highest BCUT2D eigenvalue weighted by Crippen LogP contribution is 2.33. The number of piperidine rings is 1. The van der Waals surface area contributed by atoms with Crippen molar-refractivity contribution >= 4 is 0 Å². The second kappa shape index (κ2) is 12.8. The van der Waals surface area contributed by atoms with Crippen molar-refractivity contribution in [3.05, 3.63) is 90.0 Å². The summed E-state index contributed by atoms with van der Waals surface area (Å²) < 4.78 is 25.0. The lowest BCUT2D eigenvalue weighted by molar-refractivity contribution is 0.0979. The molecule has 6 heteroatoms. The Morgan fingerprint density at radius 2 is 1.81 bits per heavy atom. The fourth-order valence-electron chi connectivity index (χ4n) is 5.03. The first-order valence-electron chi connectivity index (χ1n) is 13.0. The Hall–Kier alpha value is -2.96. The molecule has 0 bridgehead atoms. The predicted octanol–water partition coefficient (Wildman–Crippen LogP) is 5.82. The number of likely N-dealkylation sites (tertiary alicyclic amines) is 1. The number of methoxy groups -OCH3 is 1. The third kappa shape index (κ3) is 6.83. The third-order valence-corrected chi connectivity index (χ3v) is 7.05. The Morgan fingerprint density at radius 1 is 1.03 bits per heavy atom. The first-order chi connectivity index (χ1) is 17.5. The van der Waals surface area contributed by atoms with Crippen LogP contribution in [0.5, 0.6) is 11.5 Å². The topological polar surface area (TPSA) is 37.8 Å². The molecule has 0 N–H and O–H groups in total. The van der Waals surface area contributed by atoms with Crippen LogP contribution >= 0.6 is 0 Å². The minimum atomic E-state index is -0.302. The van der Waals surface area contributed by atoms with Gasteiger partial charge in [0.25, 0.3) is 0 Å². The number of nitrogens with zero attached hydrogens (tertiary/aromatic N) is 3. The molecular formula is C30H38FN3O2. The van der Waals surface area contributed by atoms with E-state index < -0.39 is 0 Å². The zero-order chi connectivity index (χ0) is 25.3. The van der Waals surface area contributed by atoms with E-state index in [0.29, 0.717) is 24.3 Å². The largest absolute Gasteiger partial charge is 0.497 e. The van der Waals surface area contributed by atoms with Gasteiger partial charge in [-0.3, -0.25) is 14.8 Å². The van der Waals surface area contributed by atoms with E-state index in [1.54, 1.807) is 25.3 Å². The molecule has 1 aliphatic rings. The first-order valence-corrected chi connectivity index (χ1v) is 13.0. The third-order valence-electron chi connectivity index (χ3n) is 7.05. The summed E-state index contributed by atoms with van der Waals surface area (Å²) in [4.78, 5) is 9.76. The molecule has 0 amide bonds. The number of ether oxygens (including phenoxy) is 2. The number of benzene rings is 2. The van der Waals surface area contributed by atoms with Gasteiger partial charge >= 0.3 is 0 Å². The monoisotopic (exact) mass is 491 g/mol. The maximum atomic E-state index is 13.8. The van der Waals surface area contributed by atoms with E-state index >= 15 is 0 Å². The van der Waals surface area contributed by atoms with Crippen LogP contribution in [-0.4, -0.2) is 60.7 Å². The molecule has 3 aromatic rings. The van der Waals surface area contributed by atoms with Crippen molar-refractivity contribution in [2.24, 2.45) is 5.92 Å². The summed E-state index contributed by atoms with van der Waals surface area (Å²) in [6, 6.07) is 21.5. The molecule has 36 heavy (non-hydrogen) atoms. The number of para-hydroxylation sites is 1. The minimum Gasteiger partial charge on any atom is -0.497 e. The number of rotatable bonds is 11. The number of aromatic nitrogens is 1. The molecular weight excluding hydrogens is 453 g/mol. The molecule has 2 aromatic carbocycles. The summed E-state index contributed by atoms with van der Waals surface area (Å²) in [7, 11) is 1.71. The lowest BCUT2D eigenvalue weighted by Crippen LogP contribution is -2.43. The van der Waals surface area contributed by atoms with Gasteiger partial charge in [-0.05, 0) is 87.7 Å². The fourth-order valence-corrected chi connectivity index (χ4v) is 5.03. The SMILES string of the molecule is COc1cccc(C(c2ccccn2)N(CC2CCN(CCOc3ccccc3F)CC2)C(C)C)c1. The van der Waals surface area contributed by atoms with Gasteiger partial charge in [-0.15, -0.1) is 0 Å². The van der Waals surface area contributed by atoms with Crippen LogP contribution in [-0.2, 0) is 0 Å². The Morgan fingerprint density at radius 3 is 2.50 bits per heavy atom. The Bertz CT molecular complexity index is 1070. The van der Waals surface area contributed by atoms with Gasteiger partial charge in [-0.1, -0.05) is 30.3 Å². The highest BCUT2D eigenvalue weighted by atomic mass is 19.1. The summed E-state index contributed by atoms with van der Waals surface area (Å²) in [6.45, 7) is 8.93. The molecule has 0 saturated carbocycles. The van der Waals surface area contributed by atoms with Crippen LogP contribution in [0.2, 0.25) is 0 Å². The maximum absolute atomic E-state index is 13.8. The van der Waals surface area contributed by atoms with Gasteiger partial charge in [0.2, 0.25) is 0 Å². The molecule has 1 saturated heterocycles. The zero-order valence-corrected chi connectivity index (χ0v) is 21.6. The molecule has 1 aromatic heterocycles. The van der Waals surface area contributed by atoms with Crippen LogP contribution in [0.3, 0.4) is 0 Å². The van der Waals surface area contributed by atoms with Crippen molar-refractivity contribution in [3.63, 3.8) is 0 Å². The van der Waals surface area contributed by atoms with Gasteiger partial charge in [0.15, 0.2) is 11.6 Å². The molecule has 1 unspecified atom stereocenters. The predicted molar refractivity (Wildman–Crippen MR) is 142 cm³/mol. The molecule has 4 rings (SSSR count). The molecule has 0 aliphatic carbocycles. The number of hydrogen-bond donors (Lipinski definition) is 0. The first kappa shape index (κ1) is 26.1. The van der Waals surface area contributed by atoms with Gasteiger partial charge < -0.3 is 9.47 Å². The van der Waals surface area contributed by atoms with Crippen LogP contribution in [0.1, 0.15) is 44.0 Å².